The maximum Gasteiger partial charge on any atom is 0.251 e. The second-order valence-electron chi connectivity index (χ2n) is 5.67. The molecule has 2 aromatic carbocycles. The number of halogens is 1. The minimum Gasteiger partial charge on any atom is -0.489 e. The molecule has 1 amide bonds. The van der Waals surface area contributed by atoms with Crippen molar-refractivity contribution in [1.29, 1.82) is 0 Å². The molecular weight excluding hydrogens is 337 g/mol. The Balaban J connectivity index is 1.74. The van der Waals surface area contributed by atoms with Crippen LogP contribution in [0.5, 0.6) is 5.75 Å². The molecule has 5 heteroatoms. The van der Waals surface area contributed by atoms with Crippen LogP contribution in [0.25, 0.3) is 0 Å². The first-order valence-electron chi connectivity index (χ1n) is 8.03. The van der Waals surface area contributed by atoms with Crippen LogP contribution in [-0.4, -0.2) is 24.8 Å². The summed E-state index contributed by atoms with van der Waals surface area (Å²) < 4.78 is 19.0. The molecule has 3 nitrogen and oxygen atoms in total. The lowest BCUT2D eigenvalue weighted by atomic mass is 10.2. The molecule has 0 spiro atoms. The minimum absolute atomic E-state index is 0.146. The van der Waals surface area contributed by atoms with Crippen molar-refractivity contribution >= 4 is 17.7 Å². The van der Waals surface area contributed by atoms with E-state index in [-0.39, 0.29) is 11.7 Å². The van der Waals surface area contributed by atoms with E-state index in [1.54, 1.807) is 42.1 Å². The summed E-state index contributed by atoms with van der Waals surface area (Å²) in [6.07, 6.45) is 0. The van der Waals surface area contributed by atoms with Crippen LogP contribution in [0, 0.1) is 5.82 Å². The number of nitrogens with one attached hydrogen (secondary N) is 1. The zero-order valence-electron chi connectivity index (χ0n) is 14.3. The molecule has 0 aliphatic carbocycles. The second kappa shape index (κ2) is 9.89. The van der Waals surface area contributed by atoms with Crippen LogP contribution in [0.1, 0.15) is 22.8 Å². The van der Waals surface area contributed by atoms with E-state index in [1.807, 2.05) is 19.1 Å². The van der Waals surface area contributed by atoms with Crippen LogP contribution in [-0.2, 0) is 5.75 Å². The van der Waals surface area contributed by atoms with Gasteiger partial charge >= 0.3 is 0 Å². The maximum absolute atomic E-state index is 13.5. The first kappa shape index (κ1) is 19.1. The zero-order valence-corrected chi connectivity index (χ0v) is 15.1. The molecule has 0 aliphatic heterocycles. The van der Waals surface area contributed by atoms with Crippen LogP contribution in [0.15, 0.2) is 60.7 Å². The normalized spacial score (nSPS) is 10.3. The number of rotatable bonds is 9. The van der Waals surface area contributed by atoms with E-state index in [0.717, 1.165) is 5.57 Å². The molecule has 0 saturated carbocycles. The Hall–Kier alpha value is -2.27. The summed E-state index contributed by atoms with van der Waals surface area (Å²) in [4.78, 5) is 12.2. The lowest BCUT2D eigenvalue weighted by Gasteiger charge is -2.09. The number of hydrogen-bond acceptors (Lipinski definition) is 3. The molecule has 0 atom stereocenters. The zero-order chi connectivity index (χ0) is 18.1. The number of carbonyl (C=O) groups is 1. The summed E-state index contributed by atoms with van der Waals surface area (Å²) >= 11 is 1.58. The van der Waals surface area contributed by atoms with Crippen molar-refractivity contribution in [1.82, 2.24) is 5.32 Å². The molecule has 2 aromatic rings. The second-order valence-corrected chi connectivity index (χ2v) is 6.78. The van der Waals surface area contributed by atoms with Gasteiger partial charge in [-0.3, -0.25) is 4.79 Å². The van der Waals surface area contributed by atoms with Crippen molar-refractivity contribution in [3.63, 3.8) is 0 Å². The molecule has 0 heterocycles. The summed E-state index contributed by atoms with van der Waals surface area (Å²) in [5.41, 5.74) is 2.15. The van der Waals surface area contributed by atoms with Gasteiger partial charge in [0, 0.05) is 23.6 Å². The molecule has 0 bridgehead atoms. The molecule has 132 valence electrons. The van der Waals surface area contributed by atoms with Crippen molar-refractivity contribution in [3.8, 4) is 5.75 Å². The van der Waals surface area contributed by atoms with Gasteiger partial charge in [-0.05, 0) is 42.3 Å². The molecule has 0 aliphatic rings. The first-order chi connectivity index (χ1) is 12.1. The lowest BCUT2D eigenvalue weighted by Crippen LogP contribution is -2.25. The maximum atomic E-state index is 13.5. The summed E-state index contributed by atoms with van der Waals surface area (Å²) in [6.45, 7) is 6.62. The molecule has 0 saturated heterocycles. The van der Waals surface area contributed by atoms with Gasteiger partial charge in [0.25, 0.3) is 5.91 Å². The highest BCUT2D eigenvalue weighted by Crippen LogP contribution is 2.16. The summed E-state index contributed by atoms with van der Waals surface area (Å²) in [7, 11) is 0. The van der Waals surface area contributed by atoms with Gasteiger partial charge in [-0.1, -0.05) is 30.8 Å². The van der Waals surface area contributed by atoms with Crippen LogP contribution in [0.4, 0.5) is 4.39 Å². The fourth-order valence-corrected chi connectivity index (χ4v) is 2.91. The van der Waals surface area contributed by atoms with Gasteiger partial charge in [-0.15, -0.1) is 0 Å². The molecule has 1 N–H and O–H groups in total. The van der Waals surface area contributed by atoms with E-state index < -0.39 is 0 Å². The summed E-state index contributed by atoms with van der Waals surface area (Å²) in [5, 5.41) is 2.87. The standard InChI is InChI=1S/C20H22FNO2S/c1-15(2)13-24-18-8-5-7-16(12-18)20(23)22-10-11-25-14-17-6-3-4-9-19(17)21/h3-9,12H,1,10-11,13-14H2,2H3,(H,22,23). The Bertz CT molecular complexity index is 733. The van der Waals surface area contributed by atoms with Crippen molar-refractivity contribution in [2.45, 2.75) is 12.7 Å². The number of hydrogen-bond donors (Lipinski definition) is 1. The van der Waals surface area contributed by atoms with Crippen molar-refractivity contribution < 1.29 is 13.9 Å². The lowest BCUT2D eigenvalue weighted by molar-refractivity contribution is 0.0955. The fraction of sp³-hybridized carbons (Fsp3) is 0.250. The number of thioether (sulfide) groups is 1. The van der Waals surface area contributed by atoms with Gasteiger partial charge in [0.15, 0.2) is 0 Å². The molecule has 25 heavy (non-hydrogen) atoms. The van der Waals surface area contributed by atoms with Crippen molar-refractivity contribution in [2.75, 3.05) is 18.9 Å². The van der Waals surface area contributed by atoms with Crippen LogP contribution in [0.3, 0.4) is 0 Å². The van der Waals surface area contributed by atoms with Gasteiger partial charge < -0.3 is 10.1 Å². The largest absolute Gasteiger partial charge is 0.489 e. The summed E-state index contributed by atoms with van der Waals surface area (Å²) in [5.74, 6) is 1.61. The monoisotopic (exact) mass is 359 g/mol. The quantitative estimate of drug-likeness (QED) is 0.531. The molecule has 0 aromatic heterocycles. The van der Waals surface area contributed by atoms with Gasteiger partial charge in [-0.25, -0.2) is 4.39 Å². The highest BCUT2D eigenvalue weighted by molar-refractivity contribution is 7.98. The molecule has 2 rings (SSSR count). The average molecular weight is 359 g/mol. The van der Waals surface area contributed by atoms with E-state index in [1.165, 1.54) is 6.07 Å². The van der Waals surface area contributed by atoms with Crippen LogP contribution < -0.4 is 10.1 Å². The van der Waals surface area contributed by atoms with Gasteiger partial charge in [0.05, 0.1) is 0 Å². The van der Waals surface area contributed by atoms with Gasteiger partial charge in [0.2, 0.25) is 0 Å². The summed E-state index contributed by atoms with van der Waals surface area (Å²) in [6, 6.07) is 13.8. The predicted octanol–water partition coefficient (Wildman–Crippen LogP) is 4.44. The number of ether oxygens (including phenoxy) is 1. The third-order valence-corrected chi connectivity index (χ3v) is 4.34. The smallest absolute Gasteiger partial charge is 0.251 e. The van der Waals surface area contributed by atoms with E-state index >= 15 is 0 Å². The van der Waals surface area contributed by atoms with Gasteiger partial charge in [0.1, 0.15) is 18.2 Å². The van der Waals surface area contributed by atoms with E-state index in [4.69, 9.17) is 4.74 Å². The molecule has 0 unspecified atom stereocenters. The number of amides is 1. The highest BCUT2D eigenvalue weighted by atomic mass is 32.2. The Kier molecular flexibility index (Phi) is 7.54. The average Bonchev–Trinajstić information content (AvgIpc) is 2.61. The third-order valence-electron chi connectivity index (χ3n) is 3.33. The van der Waals surface area contributed by atoms with Gasteiger partial charge in [-0.2, -0.15) is 11.8 Å². The topological polar surface area (TPSA) is 38.3 Å². The van der Waals surface area contributed by atoms with E-state index in [9.17, 15) is 9.18 Å². The van der Waals surface area contributed by atoms with Crippen molar-refractivity contribution in [3.05, 3.63) is 77.6 Å². The minimum atomic E-state index is -0.189. The van der Waals surface area contributed by atoms with E-state index in [2.05, 4.69) is 11.9 Å². The fourth-order valence-electron chi connectivity index (χ4n) is 2.07. The number of benzene rings is 2. The molecule has 0 radical (unpaired) electrons. The van der Waals surface area contributed by atoms with Crippen LogP contribution in [0.2, 0.25) is 0 Å². The highest BCUT2D eigenvalue weighted by Gasteiger charge is 2.07. The Morgan fingerprint density at radius 3 is 2.80 bits per heavy atom. The third kappa shape index (κ3) is 6.63. The SMILES string of the molecule is C=C(C)COc1cccc(C(=O)NCCSCc2ccccc2F)c1. The predicted molar refractivity (Wildman–Crippen MR) is 102 cm³/mol. The van der Waals surface area contributed by atoms with E-state index in [0.29, 0.717) is 41.5 Å². The number of carbonyl (C=O) groups excluding carboxylic acids is 1. The van der Waals surface area contributed by atoms with Crippen LogP contribution >= 0.6 is 11.8 Å². The Morgan fingerprint density at radius 2 is 2.04 bits per heavy atom. The van der Waals surface area contributed by atoms with Crippen molar-refractivity contribution in [2.24, 2.45) is 0 Å². The molecule has 0 fully saturated rings. The Morgan fingerprint density at radius 1 is 1.24 bits per heavy atom. The first-order valence-corrected chi connectivity index (χ1v) is 9.18. The molecular formula is C20H22FNO2S. The Labute approximate surface area is 152 Å².